The number of nitrogens with zero attached hydrogens (tertiary/aromatic N) is 2. The van der Waals surface area contributed by atoms with E-state index in [0.29, 0.717) is 11.5 Å². The maximum atomic E-state index is 10.9. The first-order valence-electron chi connectivity index (χ1n) is 5.20. The topological polar surface area (TPSA) is 68.1 Å². The number of hydrogen-bond donors (Lipinski definition) is 1. The summed E-state index contributed by atoms with van der Waals surface area (Å²) in [6, 6.07) is 10.3. The first-order chi connectivity index (χ1) is 8.60. The zero-order chi connectivity index (χ0) is 13.1. The summed E-state index contributed by atoms with van der Waals surface area (Å²) in [4.78, 5) is 14.7. The first-order valence-corrected chi connectivity index (χ1v) is 5.99. The van der Waals surface area contributed by atoms with E-state index in [1.54, 1.807) is 7.05 Å². The van der Waals surface area contributed by atoms with Gasteiger partial charge in [-0.15, -0.1) is 0 Å². The molecule has 2 rings (SSSR count). The minimum absolute atomic E-state index is 0.0179. The van der Waals surface area contributed by atoms with Crippen LogP contribution in [0, 0.1) is 10.1 Å². The van der Waals surface area contributed by atoms with Crippen molar-refractivity contribution in [2.45, 2.75) is 0 Å². The van der Waals surface area contributed by atoms with Crippen LogP contribution in [0.5, 0.6) is 0 Å². The van der Waals surface area contributed by atoms with Gasteiger partial charge in [0.15, 0.2) is 0 Å². The molecule has 1 heterocycles. The predicted octanol–water partition coefficient (Wildman–Crippen LogP) is 3.46. The Balaban J connectivity index is 2.56. The Bertz CT molecular complexity index is 602. The number of hydrogen-bond acceptors (Lipinski definition) is 4. The van der Waals surface area contributed by atoms with Crippen LogP contribution in [-0.4, -0.2) is 17.0 Å². The molecule has 1 aromatic heterocycles. The van der Waals surface area contributed by atoms with E-state index in [-0.39, 0.29) is 5.69 Å². The molecule has 5 nitrogen and oxygen atoms in total. The largest absolute Gasteiger partial charge is 0.373 e. The summed E-state index contributed by atoms with van der Waals surface area (Å²) in [6.07, 6.45) is 0. The molecule has 0 aliphatic rings. The fourth-order valence-electron chi connectivity index (χ4n) is 1.55. The Morgan fingerprint density at radius 1 is 1.33 bits per heavy atom. The van der Waals surface area contributed by atoms with E-state index >= 15 is 0 Å². The molecule has 0 fully saturated rings. The molecule has 0 radical (unpaired) electrons. The predicted molar refractivity (Wildman–Crippen MR) is 73.6 cm³/mol. The highest BCUT2D eigenvalue weighted by molar-refractivity contribution is 9.10. The van der Waals surface area contributed by atoms with E-state index in [4.69, 9.17) is 0 Å². The average molecular weight is 308 g/mol. The van der Waals surface area contributed by atoms with Gasteiger partial charge in [0.1, 0.15) is 5.82 Å². The monoisotopic (exact) mass is 307 g/mol. The van der Waals surface area contributed by atoms with Gasteiger partial charge in [-0.25, -0.2) is 4.98 Å². The molecular formula is C12H10BrN3O2. The molecule has 1 N–H and O–H groups in total. The number of anilines is 1. The van der Waals surface area contributed by atoms with E-state index in [0.717, 1.165) is 10.0 Å². The van der Waals surface area contributed by atoms with E-state index in [1.807, 2.05) is 24.3 Å². The van der Waals surface area contributed by atoms with Crippen molar-refractivity contribution >= 4 is 27.4 Å². The third kappa shape index (κ3) is 2.65. The van der Waals surface area contributed by atoms with E-state index in [2.05, 4.69) is 26.2 Å². The standard InChI is InChI=1S/C12H10BrN3O2/c1-14-12-7-10(16(17)18)6-11(15-12)8-3-2-4-9(13)5-8/h2-7H,1H3,(H,14,15). The summed E-state index contributed by atoms with van der Waals surface area (Å²) >= 11 is 3.37. The number of halogens is 1. The maximum Gasteiger partial charge on any atom is 0.275 e. The van der Waals surface area contributed by atoms with Gasteiger partial charge in [0.05, 0.1) is 16.7 Å². The number of benzene rings is 1. The van der Waals surface area contributed by atoms with Crippen LogP contribution in [-0.2, 0) is 0 Å². The van der Waals surface area contributed by atoms with Crippen molar-refractivity contribution in [1.29, 1.82) is 0 Å². The molecule has 0 amide bonds. The molecule has 2 aromatic rings. The van der Waals surface area contributed by atoms with Gasteiger partial charge in [-0.2, -0.15) is 0 Å². The molecule has 0 atom stereocenters. The van der Waals surface area contributed by atoms with Crippen molar-refractivity contribution in [2.75, 3.05) is 12.4 Å². The lowest BCUT2D eigenvalue weighted by Crippen LogP contribution is -1.97. The normalized spacial score (nSPS) is 10.1. The van der Waals surface area contributed by atoms with Gasteiger partial charge < -0.3 is 5.32 Å². The molecule has 0 saturated carbocycles. The summed E-state index contributed by atoms with van der Waals surface area (Å²) in [6.45, 7) is 0. The summed E-state index contributed by atoms with van der Waals surface area (Å²) in [5.41, 5.74) is 1.41. The molecular weight excluding hydrogens is 298 g/mol. The van der Waals surface area contributed by atoms with Gasteiger partial charge in [0.2, 0.25) is 0 Å². The van der Waals surface area contributed by atoms with E-state index in [9.17, 15) is 10.1 Å². The van der Waals surface area contributed by atoms with Crippen molar-refractivity contribution < 1.29 is 4.92 Å². The SMILES string of the molecule is CNc1cc([N+](=O)[O-])cc(-c2cccc(Br)c2)n1. The fraction of sp³-hybridized carbons (Fsp3) is 0.0833. The van der Waals surface area contributed by atoms with Gasteiger partial charge in [0, 0.05) is 23.2 Å². The highest BCUT2D eigenvalue weighted by Gasteiger charge is 2.11. The van der Waals surface area contributed by atoms with E-state index < -0.39 is 4.92 Å². The Morgan fingerprint density at radius 2 is 2.11 bits per heavy atom. The number of pyridine rings is 1. The van der Waals surface area contributed by atoms with Crippen molar-refractivity contribution in [3.8, 4) is 11.3 Å². The van der Waals surface area contributed by atoms with Crippen molar-refractivity contribution in [3.05, 3.63) is 51.0 Å². The van der Waals surface area contributed by atoms with Crippen LogP contribution in [0.15, 0.2) is 40.9 Å². The maximum absolute atomic E-state index is 10.9. The second kappa shape index (κ2) is 5.14. The Labute approximate surface area is 112 Å². The number of nitro groups is 1. The lowest BCUT2D eigenvalue weighted by Gasteiger charge is -2.05. The van der Waals surface area contributed by atoms with Crippen LogP contribution in [0.2, 0.25) is 0 Å². The molecule has 6 heteroatoms. The van der Waals surface area contributed by atoms with Crippen molar-refractivity contribution in [2.24, 2.45) is 0 Å². The molecule has 0 bridgehead atoms. The minimum atomic E-state index is -0.427. The molecule has 0 aliphatic heterocycles. The number of nitrogens with one attached hydrogen (secondary N) is 1. The molecule has 0 spiro atoms. The second-order valence-electron chi connectivity index (χ2n) is 3.61. The molecule has 0 unspecified atom stereocenters. The van der Waals surface area contributed by atoms with Crippen LogP contribution in [0.1, 0.15) is 0 Å². The Morgan fingerprint density at radius 3 is 2.72 bits per heavy atom. The van der Waals surface area contributed by atoms with Gasteiger partial charge >= 0.3 is 0 Å². The summed E-state index contributed by atoms with van der Waals surface area (Å²) in [5.74, 6) is 0.471. The summed E-state index contributed by atoms with van der Waals surface area (Å²) in [5, 5.41) is 13.7. The molecule has 92 valence electrons. The van der Waals surface area contributed by atoms with Gasteiger partial charge in [0.25, 0.3) is 5.69 Å². The lowest BCUT2D eigenvalue weighted by atomic mass is 10.1. The van der Waals surface area contributed by atoms with Crippen molar-refractivity contribution in [1.82, 2.24) is 4.98 Å². The lowest BCUT2D eigenvalue weighted by molar-refractivity contribution is -0.384. The third-order valence-electron chi connectivity index (χ3n) is 2.40. The molecule has 0 aliphatic carbocycles. The van der Waals surface area contributed by atoms with E-state index in [1.165, 1.54) is 12.1 Å². The van der Waals surface area contributed by atoms with Gasteiger partial charge in [-0.05, 0) is 12.1 Å². The quantitative estimate of drug-likeness (QED) is 0.696. The summed E-state index contributed by atoms with van der Waals surface area (Å²) < 4.78 is 0.902. The smallest absolute Gasteiger partial charge is 0.275 e. The number of aromatic nitrogens is 1. The van der Waals surface area contributed by atoms with Crippen LogP contribution in [0.3, 0.4) is 0 Å². The molecule has 0 saturated heterocycles. The van der Waals surface area contributed by atoms with Gasteiger partial charge in [-0.3, -0.25) is 10.1 Å². The highest BCUT2D eigenvalue weighted by atomic mass is 79.9. The average Bonchev–Trinajstić information content (AvgIpc) is 2.38. The second-order valence-corrected chi connectivity index (χ2v) is 4.53. The van der Waals surface area contributed by atoms with Crippen LogP contribution in [0.4, 0.5) is 11.5 Å². The zero-order valence-corrected chi connectivity index (χ0v) is 11.1. The molecule has 18 heavy (non-hydrogen) atoms. The minimum Gasteiger partial charge on any atom is -0.373 e. The summed E-state index contributed by atoms with van der Waals surface area (Å²) in [7, 11) is 1.68. The van der Waals surface area contributed by atoms with Crippen LogP contribution >= 0.6 is 15.9 Å². The highest BCUT2D eigenvalue weighted by Crippen LogP contribution is 2.26. The van der Waals surface area contributed by atoms with Crippen LogP contribution in [0.25, 0.3) is 11.3 Å². The Kier molecular flexibility index (Phi) is 3.57. The first kappa shape index (κ1) is 12.5. The number of rotatable bonds is 3. The zero-order valence-electron chi connectivity index (χ0n) is 9.55. The fourth-order valence-corrected chi connectivity index (χ4v) is 1.94. The van der Waals surface area contributed by atoms with Crippen LogP contribution < -0.4 is 5.32 Å². The molecule has 1 aromatic carbocycles. The Hall–Kier alpha value is -1.95. The third-order valence-corrected chi connectivity index (χ3v) is 2.89. The van der Waals surface area contributed by atoms with Crippen molar-refractivity contribution in [3.63, 3.8) is 0 Å². The van der Waals surface area contributed by atoms with Gasteiger partial charge in [-0.1, -0.05) is 28.1 Å².